The molecular weight excluding hydrogens is 214 g/mol. The van der Waals surface area contributed by atoms with Crippen molar-refractivity contribution >= 4 is 0 Å². The summed E-state index contributed by atoms with van der Waals surface area (Å²) in [6, 6.07) is 0.389. The molecule has 1 saturated heterocycles. The van der Waals surface area contributed by atoms with Crippen LogP contribution in [-0.2, 0) is 13.1 Å². The Bertz CT molecular complexity index is 338. The predicted octanol–water partition coefficient (Wildman–Crippen LogP) is 0.857. The molecule has 1 aromatic rings. The molecule has 2 heterocycles. The SMILES string of the molecule is CC(C)Cn1ncnc1CN1CCC(N)CC1. The van der Waals surface area contributed by atoms with Crippen LogP contribution < -0.4 is 5.73 Å². The van der Waals surface area contributed by atoms with Crippen molar-refractivity contribution in [2.24, 2.45) is 11.7 Å². The summed E-state index contributed by atoms with van der Waals surface area (Å²) in [6.45, 7) is 8.41. The Morgan fingerprint density at radius 2 is 2.12 bits per heavy atom. The van der Waals surface area contributed by atoms with Crippen molar-refractivity contribution in [2.75, 3.05) is 13.1 Å². The van der Waals surface area contributed by atoms with Crippen LogP contribution in [0.4, 0.5) is 0 Å². The average Bonchev–Trinajstić information content (AvgIpc) is 2.68. The van der Waals surface area contributed by atoms with Crippen molar-refractivity contribution < 1.29 is 0 Å². The molecule has 0 spiro atoms. The lowest BCUT2D eigenvalue weighted by atomic mass is 10.1. The Kier molecular flexibility index (Phi) is 4.12. The summed E-state index contributed by atoms with van der Waals surface area (Å²) in [5, 5.41) is 4.29. The predicted molar refractivity (Wildman–Crippen MR) is 67.3 cm³/mol. The van der Waals surface area contributed by atoms with Crippen molar-refractivity contribution in [3.05, 3.63) is 12.2 Å². The molecule has 2 rings (SSSR count). The monoisotopic (exact) mass is 237 g/mol. The molecule has 0 aromatic carbocycles. The molecule has 0 bridgehead atoms. The fourth-order valence-electron chi connectivity index (χ4n) is 2.22. The van der Waals surface area contributed by atoms with Crippen molar-refractivity contribution in [3.63, 3.8) is 0 Å². The summed E-state index contributed by atoms with van der Waals surface area (Å²) >= 11 is 0. The second kappa shape index (κ2) is 5.60. The Hall–Kier alpha value is -0.940. The third-order valence-electron chi connectivity index (χ3n) is 3.23. The minimum Gasteiger partial charge on any atom is -0.328 e. The van der Waals surface area contributed by atoms with E-state index in [1.807, 2.05) is 4.68 Å². The van der Waals surface area contributed by atoms with Gasteiger partial charge in [0.15, 0.2) is 0 Å². The third kappa shape index (κ3) is 3.51. The van der Waals surface area contributed by atoms with Crippen LogP contribution in [0, 0.1) is 5.92 Å². The number of likely N-dealkylation sites (tertiary alicyclic amines) is 1. The normalized spacial score (nSPS) is 19.1. The van der Waals surface area contributed by atoms with Crippen LogP contribution in [0.15, 0.2) is 6.33 Å². The number of hydrogen-bond acceptors (Lipinski definition) is 4. The largest absolute Gasteiger partial charge is 0.328 e. The van der Waals surface area contributed by atoms with Gasteiger partial charge in [0.25, 0.3) is 0 Å². The highest BCUT2D eigenvalue weighted by Crippen LogP contribution is 2.11. The van der Waals surface area contributed by atoms with E-state index < -0.39 is 0 Å². The molecular formula is C12H23N5. The van der Waals surface area contributed by atoms with Gasteiger partial charge in [-0.05, 0) is 18.8 Å². The standard InChI is InChI=1S/C12H23N5/c1-10(2)7-17-12(14-9-15-17)8-16-5-3-11(13)4-6-16/h9-11H,3-8,13H2,1-2H3. The van der Waals surface area contributed by atoms with Crippen LogP contribution in [0.5, 0.6) is 0 Å². The lowest BCUT2D eigenvalue weighted by Crippen LogP contribution is -2.39. The number of nitrogens with zero attached hydrogens (tertiary/aromatic N) is 4. The summed E-state index contributed by atoms with van der Waals surface area (Å²) in [4.78, 5) is 6.78. The highest BCUT2D eigenvalue weighted by atomic mass is 15.3. The van der Waals surface area contributed by atoms with Crippen molar-refractivity contribution in [1.29, 1.82) is 0 Å². The van der Waals surface area contributed by atoms with E-state index in [-0.39, 0.29) is 0 Å². The minimum absolute atomic E-state index is 0.389. The minimum atomic E-state index is 0.389. The van der Waals surface area contributed by atoms with E-state index in [9.17, 15) is 0 Å². The maximum absolute atomic E-state index is 5.91. The van der Waals surface area contributed by atoms with Gasteiger partial charge in [-0.3, -0.25) is 4.90 Å². The average molecular weight is 237 g/mol. The second-order valence-electron chi connectivity index (χ2n) is 5.37. The van der Waals surface area contributed by atoms with Gasteiger partial charge in [-0.15, -0.1) is 0 Å². The van der Waals surface area contributed by atoms with Gasteiger partial charge in [0.05, 0.1) is 6.54 Å². The fraction of sp³-hybridized carbons (Fsp3) is 0.833. The first-order valence-corrected chi connectivity index (χ1v) is 6.49. The topological polar surface area (TPSA) is 60.0 Å². The number of piperidine rings is 1. The molecule has 1 aromatic heterocycles. The summed E-state index contributed by atoms with van der Waals surface area (Å²) in [5.74, 6) is 1.68. The summed E-state index contributed by atoms with van der Waals surface area (Å²) in [5.41, 5.74) is 5.91. The van der Waals surface area contributed by atoms with Gasteiger partial charge in [-0.1, -0.05) is 13.8 Å². The molecule has 1 aliphatic heterocycles. The fourth-order valence-corrected chi connectivity index (χ4v) is 2.22. The van der Waals surface area contributed by atoms with Gasteiger partial charge in [0.1, 0.15) is 12.2 Å². The van der Waals surface area contributed by atoms with E-state index in [2.05, 4.69) is 28.8 Å². The van der Waals surface area contributed by atoms with Crippen LogP contribution in [0.1, 0.15) is 32.5 Å². The highest BCUT2D eigenvalue weighted by Gasteiger charge is 2.18. The number of hydrogen-bond donors (Lipinski definition) is 1. The zero-order chi connectivity index (χ0) is 12.3. The highest BCUT2D eigenvalue weighted by molar-refractivity contribution is 4.87. The molecule has 0 atom stereocenters. The van der Waals surface area contributed by atoms with E-state index in [0.717, 1.165) is 44.8 Å². The summed E-state index contributed by atoms with van der Waals surface area (Å²) in [7, 11) is 0. The van der Waals surface area contributed by atoms with Gasteiger partial charge in [0.2, 0.25) is 0 Å². The zero-order valence-corrected chi connectivity index (χ0v) is 10.8. The summed E-state index contributed by atoms with van der Waals surface area (Å²) in [6.07, 6.45) is 3.85. The van der Waals surface area contributed by atoms with E-state index in [1.165, 1.54) is 0 Å². The van der Waals surface area contributed by atoms with E-state index in [1.54, 1.807) is 6.33 Å². The Labute approximate surface area is 103 Å². The number of rotatable bonds is 4. The molecule has 0 amide bonds. The van der Waals surface area contributed by atoms with Gasteiger partial charge in [0, 0.05) is 25.7 Å². The van der Waals surface area contributed by atoms with Crippen LogP contribution in [-0.4, -0.2) is 38.8 Å². The van der Waals surface area contributed by atoms with Gasteiger partial charge in [-0.2, -0.15) is 5.10 Å². The molecule has 0 radical (unpaired) electrons. The van der Waals surface area contributed by atoms with Crippen molar-refractivity contribution in [3.8, 4) is 0 Å². The molecule has 0 aliphatic carbocycles. The molecule has 2 N–H and O–H groups in total. The molecule has 0 unspecified atom stereocenters. The van der Waals surface area contributed by atoms with Gasteiger partial charge in [-0.25, -0.2) is 9.67 Å². The van der Waals surface area contributed by atoms with Gasteiger partial charge >= 0.3 is 0 Å². The first kappa shape index (κ1) is 12.5. The maximum Gasteiger partial charge on any atom is 0.141 e. The lowest BCUT2D eigenvalue weighted by Gasteiger charge is -2.29. The smallest absolute Gasteiger partial charge is 0.141 e. The molecule has 5 nitrogen and oxygen atoms in total. The quantitative estimate of drug-likeness (QED) is 0.843. The Morgan fingerprint density at radius 3 is 2.76 bits per heavy atom. The van der Waals surface area contributed by atoms with Crippen LogP contribution in [0.2, 0.25) is 0 Å². The lowest BCUT2D eigenvalue weighted by molar-refractivity contribution is 0.197. The third-order valence-corrected chi connectivity index (χ3v) is 3.23. The van der Waals surface area contributed by atoms with Crippen molar-refractivity contribution in [2.45, 2.75) is 45.8 Å². The van der Waals surface area contributed by atoms with Crippen molar-refractivity contribution in [1.82, 2.24) is 19.7 Å². The molecule has 5 heteroatoms. The Balaban J connectivity index is 1.92. The molecule has 1 fully saturated rings. The van der Waals surface area contributed by atoms with Crippen LogP contribution in [0.3, 0.4) is 0 Å². The number of nitrogens with two attached hydrogens (primary N) is 1. The molecule has 17 heavy (non-hydrogen) atoms. The molecule has 0 saturated carbocycles. The first-order valence-electron chi connectivity index (χ1n) is 6.49. The van der Waals surface area contributed by atoms with E-state index >= 15 is 0 Å². The molecule has 1 aliphatic rings. The Morgan fingerprint density at radius 1 is 1.41 bits per heavy atom. The first-order chi connectivity index (χ1) is 8.15. The van der Waals surface area contributed by atoms with E-state index in [4.69, 9.17) is 5.73 Å². The van der Waals surface area contributed by atoms with Crippen LogP contribution in [0.25, 0.3) is 0 Å². The molecule has 96 valence electrons. The van der Waals surface area contributed by atoms with E-state index in [0.29, 0.717) is 12.0 Å². The van der Waals surface area contributed by atoms with Gasteiger partial charge < -0.3 is 5.73 Å². The summed E-state index contributed by atoms with van der Waals surface area (Å²) < 4.78 is 2.03. The maximum atomic E-state index is 5.91. The van der Waals surface area contributed by atoms with Crippen LogP contribution >= 0.6 is 0 Å². The number of aromatic nitrogens is 3. The zero-order valence-electron chi connectivity index (χ0n) is 10.8. The second-order valence-corrected chi connectivity index (χ2v) is 5.37.